The van der Waals surface area contributed by atoms with E-state index in [1.807, 2.05) is 0 Å². The summed E-state index contributed by atoms with van der Waals surface area (Å²) in [4.78, 5) is 25.5. The number of hydrogen-bond donors (Lipinski definition) is 2. The van der Waals surface area contributed by atoms with Crippen LogP contribution in [0.5, 0.6) is 0 Å². The zero-order valence-corrected chi connectivity index (χ0v) is 17.0. The summed E-state index contributed by atoms with van der Waals surface area (Å²) in [6.07, 6.45) is 0. The number of esters is 2. The van der Waals surface area contributed by atoms with Gasteiger partial charge in [-0.3, -0.25) is 0 Å². The van der Waals surface area contributed by atoms with Crippen molar-refractivity contribution in [2.75, 3.05) is 33.5 Å². The second-order valence-corrected chi connectivity index (χ2v) is 6.47. The lowest BCUT2D eigenvalue weighted by atomic mass is 9.80. The molecule has 0 aliphatic carbocycles. The van der Waals surface area contributed by atoms with E-state index in [1.54, 1.807) is 38.1 Å². The molecule has 1 unspecified atom stereocenters. The number of halogens is 1. The molecule has 28 heavy (non-hydrogen) atoms. The number of ether oxygens (including phenoxy) is 3. The van der Waals surface area contributed by atoms with Gasteiger partial charge in [-0.1, -0.05) is 29.8 Å². The van der Waals surface area contributed by atoms with E-state index in [9.17, 15) is 9.59 Å². The largest absolute Gasteiger partial charge is 0.466 e. The molecule has 8 heteroatoms. The molecule has 0 aromatic heterocycles. The van der Waals surface area contributed by atoms with Crippen LogP contribution in [0.2, 0.25) is 5.02 Å². The topological polar surface area (TPSA) is 99.9 Å². The fourth-order valence-electron chi connectivity index (χ4n) is 3.12. The first-order chi connectivity index (χ1) is 13.5. The molecule has 0 saturated heterocycles. The first-order valence-corrected chi connectivity index (χ1v) is 9.32. The smallest absolute Gasteiger partial charge is 0.336 e. The maximum Gasteiger partial charge on any atom is 0.336 e. The SMILES string of the molecule is CCOC(=O)C1=C(C)NC(COCCN)=C(C(=O)OC)C1c1ccccc1Cl. The van der Waals surface area contributed by atoms with Crippen LogP contribution in [0.3, 0.4) is 0 Å². The number of nitrogens with one attached hydrogen (secondary N) is 1. The van der Waals surface area contributed by atoms with Gasteiger partial charge in [0.05, 0.1) is 49.7 Å². The number of allylic oxidation sites excluding steroid dienone is 1. The zero-order chi connectivity index (χ0) is 20.7. The Kier molecular flexibility index (Phi) is 8.04. The highest BCUT2D eigenvalue weighted by molar-refractivity contribution is 6.31. The summed E-state index contributed by atoms with van der Waals surface area (Å²) in [5, 5.41) is 3.52. The minimum absolute atomic E-state index is 0.107. The van der Waals surface area contributed by atoms with Crippen molar-refractivity contribution < 1.29 is 23.8 Å². The number of dihydropyridines is 1. The number of carbonyl (C=O) groups is 2. The van der Waals surface area contributed by atoms with Gasteiger partial charge in [0.25, 0.3) is 0 Å². The molecule has 1 atom stereocenters. The van der Waals surface area contributed by atoms with Crippen molar-refractivity contribution in [2.45, 2.75) is 19.8 Å². The molecule has 0 bridgehead atoms. The Morgan fingerprint density at radius 2 is 1.93 bits per heavy atom. The predicted molar refractivity (Wildman–Crippen MR) is 106 cm³/mol. The van der Waals surface area contributed by atoms with E-state index < -0.39 is 17.9 Å². The summed E-state index contributed by atoms with van der Waals surface area (Å²) >= 11 is 6.42. The third-order valence-corrected chi connectivity index (χ3v) is 4.61. The summed E-state index contributed by atoms with van der Waals surface area (Å²) in [5.41, 5.74) is 7.69. The molecular weight excluding hydrogens is 384 g/mol. The fourth-order valence-corrected chi connectivity index (χ4v) is 3.36. The summed E-state index contributed by atoms with van der Waals surface area (Å²) in [6, 6.07) is 7.05. The lowest BCUT2D eigenvalue weighted by Gasteiger charge is -2.31. The monoisotopic (exact) mass is 408 g/mol. The quantitative estimate of drug-likeness (QED) is 0.502. The van der Waals surface area contributed by atoms with Crippen LogP contribution in [0.15, 0.2) is 46.8 Å². The van der Waals surface area contributed by atoms with Gasteiger partial charge in [0.15, 0.2) is 0 Å². The Balaban J connectivity index is 2.66. The molecule has 0 saturated carbocycles. The van der Waals surface area contributed by atoms with Crippen molar-refractivity contribution in [3.8, 4) is 0 Å². The van der Waals surface area contributed by atoms with Crippen molar-refractivity contribution in [1.82, 2.24) is 5.32 Å². The fraction of sp³-hybridized carbons (Fsp3) is 0.400. The van der Waals surface area contributed by atoms with E-state index in [4.69, 9.17) is 31.5 Å². The van der Waals surface area contributed by atoms with E-state index in [1.165, 1.54) is 7.11 Å². The molecule has 1 aliphatic rings. The summed E-state index contributed by atoms with van der Waals surface area (Å²) < 4.78 is 15.8. The second kappa shape index (κ2) is 10.3. The van der Waals surface area contributed by atoms with Crippen LogP contribution in [0.4, 0.5) is 0 Å². The van der Waals surface area contributed by atoms with Crippen LogP contribution in [-0.4, -0.2) is 45.4 Å². The van der Waals surface area contributed by atoms with Gasteiger partial charge in [0, 0.05) is 17.3 Å². The number of benzene rings is 1. The molecule has 1 aliphatic heterocycles. The van der Waals surface area contributed by atoms with Crippen LogP contribution in [0.1, 0.15) is 25.3 Å². The minimum atomic E-state index is -0.752. The Labute approximate surface area is 169 Å². The molecule has 0 radical (unpaired) electrons. The molecule has 7 nitrogen and oxygen atoms in total. The summed E-state index contributed by atoms with van der Waals surface area (Å²) in [6.45, 7) is 4.44. The van der Waals surface area contributed by atoms with Crippen LogP contribution >= 0.6 is 11.6 Å². The van der Waals surface area contributed by atoms with Gasteiger partial charge in [0.1, 0.15) is 0 Å². The maximum absolute atomic E-state index is 12.7. The van der Waals surface area contributed by atoms with E-state index in [2.05, 4.69) is 5.32 Å². The third kappa shape index (κ3) is 4.73. The Morgan fingerprint density at radius 1 is 1.21 bits per heavy atom. The van der Waals surface area contributed by atoms with Gasteiger partial charge in [-0.2, -0.15) is 0 Å². The summed E-state index contributed by atoms with van der Waals surface area (Å²) in [7, 11) is 1.28. The van der Waals surface area contributed by atoms with Gasteiger partial charge < -0.3 is 25.3 Å². The highest BCUT2D eigenvalue weighted by Gasteiger charge is 2.39. The van der Waals surface area contributed by atoms with Crippen molar-refractivity contribution >= 4 is 23.5 Å². The molecule has 1 aromatic rings. The van der Waals surface area contributed by atoms with Crippen molar-refractivity contribution in [3.05, 3.63) is 57.4 Å². The normalized spacial score (nSPS) is 16.7. The lowest BCUT2D eigenvalue weighted by Crippen LogP contribution is -2.35. The highest BCUT2D eigenvalue weighted by atomic mass is 35.5. The van der Waals surface area contributed by atoms with Crippen molar-refractivity contribution in [1.29, 1.82) is 0 Å². The molecular formula is C20H25ClN2O5. The number of rotatable bonds is 8. The first kappa shape index (κ1) is 21.9. The molecule has 0 fully saturated rings. The average molecular weight is 409 g/mol. The Bertz CT molecular complexity index is 804. The van der Waals surface area contributed by atoms with E-state index >= 15 is 0 Å². The molecule has 3 N–H and O–H groups in total. The Hall–Kier alpha value is -2.35. The number of methoxy groups -OCH3 is 1. The van der Waals surface area contributed by atoms with Gasteiger partial charge in [-0.05, 0) is 25.5 Å². The van der Waals surface area contributed by atoms with Crippen LogP contribution in [0.25, 0.3) is 0 Å². The molecule has 0 amide bonds. The molecule has 152 valence electrons. The van der Waals surface area contributed by atoms with E-state index in [0.717, 1.165) is 0 Å². The van der Waals surface area contributed by atoms with Crippen LogP contribution in [0, 0.1) is 0 Å². The first-order valence-electron chi connectivity index (χ1n) is 8.94. The van der Waals surface area contributed by atoms with Crippen molar-refractivity contribution in [3.63, 3.8) is 0 Å². The van der Waals surface area contributed by atoms with Crippen LogP contribution < -0.4 is 11.1 Å². The third-order valence-electron chi connectivity index (χ3n) is 4.27. The number of carbonyl (C=O) groups excluding carboxylic acids is 2. The van der Waals surface area contributed by atoms with Gasteiger partial charge >= 0.3 is 11.9 Å². The molecule has 0 spiro atoms. The molecule has 1 aromatic carbocycles. The standard InChI is InChI=1S/C20H25ClN2O5/c1-4-28-20(25)16-12(2)23-15(11-27-10-9-22)18(19(24)26-3)17(16)13-7-5-6-8-14(13)21/h5-8,17,23H,4,9-11,22H2,1-3H3. The minimum Gasteiger partial charge on any atom is -0.466 e. The van der Waals surface area contributed by atoms with E-state index in [0.29, 0.717) is 40.7 Å². The van der Waals surface area contributed by atoms with Crippen LogP contribution in [-0.2, 0) is 23.8 Å². The Morgan fingerprint density at radius 3 is 2.54 bits per heavy atom. The van der Waals surface area contributed by atoms with Gasteiger partial charge in [-0.25, -0.2) is 9.59 Å². The number of nitrogens with two attached hydrogens (primary N) is 1. The molecule has 1 heterocycles. The number of hydrogen-bond acceptors (Lipinski definition) is 7. The summed E-state index contributed by atoms with van der Waals surface area (Å²) in [5.74, 6) is -1.86. The highest BCUT2D eigenvalue weighted by Crippen LogP contribution is 2.41. The maximum atomic E-state index is 12.7. The predicted octanol–water partition coefficient (Wildman–Crippen LogP) is 2.27. The van der Waals surface area contributed by atoms with E-state index in [-0.39, 0.29) is 18.8 Å². The molecule has 2 rings (SSSR count). The van der Waals surface area contributed by atoms with Gasteiger partial charge in [0.2, 0.25) is 0 Å². The van der Waals surface area contributed by atoms with Gasteiger partial charge in [-0.15, -0.1) is 0 Å². The second-order valence-electron chi connectivity index (χ2n) is 6.06. The van der Waals surface area contributed by atoms with Crippen molar-refractivity contribution in [2.24, 2.45) is 5.73 Å². The average Bonchev–Trinajstić information content (AvgIpc) is 2.67. The zero-order valence-electron chi connectivity index (χ0n) is 16.2. The lowest BCUT2D eigenvalue weighted by molar-refractivity contribution is -0.139.